The van der Waals surface area contributed by atoms with Crippen LogP contribution in [0, 0.1) is 19.8 Å². The zero-order valence-corrected chi connectivity index (χ0v) is 30.1. The van der Waals surface area contributed by atoms with Gasteiger partial charge in [0.2, 0.25) is 11.8 Å². The number of likely N-dealkylation sites (tertiary alicyclic amines) is 2. The average molecular weight is 744 g/mol. The van der Waals surface area contributed by atoms with Crippen LogP contribution in [0.5, 0.6) is 11.6 Å². The molecule has 2 saturated heterocycles. The minimum Gasteiger partial charge on any atom is -0.481 e. The monoisotopic (exact) mass is 743 g/mol. The number of alkyl halides is 3. The zero-order valence-electron chi connectivity index (χ0n) is 30.1. The molecule has 2 fully saturated rings. The minimum absolute atomic E-state index is 0.0774. The van der Waals surface area contributed by atoms with Crippen LogP contribution in [-0.4, -0.2) is 86.7 Å². The van der Waals surface area contributed by atoms with Gasteiger partial charge in [-0.25, -0.2) is 9.97 Å². The van der Waals surface area contributed by atoms with Crippen LogP contribution >= 0.6 is 0 Å². The van der Waals surface area contributed by atoms with E-state index in [2.05, 4.69) is 9.64 Å². The first-order chi connectivity index (χ1) is 25.9. The third-order valence-corrected chi connectivity index (χ3v) is 11.1. The van der Waals surface area contributed by atoms with Crippen LogP contribution in [0.4, 0.5) is 13.2 Å². The van der Waals surface area contributed by atoms with E-state index in [0.717, 1.165) is 40.8 Å². The maximum atomic E-state index is 13.9. The molecule has 11 nitrogen and oxygen atoms in total. The van der Waals surface area contributed by atoms with Crippen LogP contribution in [0.25, 0.3) is 44.9 Å². The number of ether oxygens (including phenoxy) is 2. The number of carboxylic acid groups (broad SMARTS) is 1. The SMILES string of the molecule is COc1nc(-c2cccc(-c3cccc(-c4nc5cc6c(c(OC(F)(F)F)c5o4)CC[C@H]6N4CC[C@@H](C(=O)O)C4)c3C)c2C)cnc1CN1CC[C@@H](O)C1. The lowest BCUT2D eigenvalue weighted by Crippen LogP contribution is -2.26. The maximum Gasteiger partial charge on any atom is 0.573 e. The molecule has 54 heavy (non-hydrogen) atoms. The third kappa shape index (κ3) is 6.67. The predicted molar refractivity (Wildman–Crippen MR) is 193 cm³/mol. The van der Waals surface area contributed by atoms with Gasteiger partial charge in [-0.05, 0) is 86.0 Å². The molecule has 2 aliphatic heterocycles. The van der Waals surface area contributed by atoms with Gasteiger partial charge in [-0.2, -0.15) is 0 Å². The second-order valence-corrected chi connectivity index (χ2v) is 14.4. The highest BCUT2D eigenvalue weighted by atomic mass is 19.4. The fourth-order valence-electron chi connectivity index (χ4n) is 8.41. The lowest BCUT2D eigenvalue weighted by atomic mass is 9.90. The molecule has 3 aromatic carbocycles. The fraction of sp³-hybridized carbons (Fsp3) is 0.400. The van der Waals surface area contributed by atoms with E-state index in [1.807, 2.05) is 55.1 Å². The summed E-state index contributed by atoms with van der Waals surface area (Å²) in [6.07, 6.45) is -1.49. The van der Waals surface area contributed by atoms with Gasteiger partial charge in [0.15, 0.2) is 11.3 Å². The number of aromatic nitrogens is 3. The topological polar surface area (TPSA) is 134 Å². The molecule has 0 saturated carbocycles. The molecule has 2 N–H and O–H groups in total. The number of β-amino-alcohol motifs (C(OH)–C–C–N with tert-alkyl or cyclic N) is 1. The molecular weight excluding hydrogens is 703 g/mol. The Hall–Kier alpha value is -5.05. The van der Waals surface area contributed by atoms with E-state index in [1.165, 1.54) is 0 Å². The van der Waals surface area contributed by atoms with Crippen LogP contribution in [-0.2, 0) is 17.8 Å². The number of halogens is 3. The number of methoxy groups -OCH3 is 1. The number of benzene rings is 3. The number of fused-ring (bicyclic) bond motifs is 2. The number of carboxylic acids is 1. The predicted octanol–water partition coefficient (Wildman–Crippen LogP) is 7.10. The molecule has 5 aromatic rings. The van der Waals surface area contributed by atoms with Crippen molar-refractivity contribution < 1.29 is 42.1 Å². The summed E-state index contributed by atoms with van der Waals surface area (Å²) in [7, 11) is 1.56. The smallest absolute Gasteiger partial charge is 0.481 e. The number of hydrogen-bond acceptors (Lipinski definition) is 10. The van der Waals surface area contributed by atoms with E-state index < -0.39 is 18.2 Å². The first-order valence-corrected chi connectivity index (χ1v) is 18.1. The van der Waals surface area contributed by atoms with Gasteiger partial charge in [0.05, 0.1) is 31.0 Å². The Morgan fingerprint density at radius 2 is 1.70 bits per heavy atom. The van der Waals surface area contributed by atoms with Crippen molar-refractivity contribution in [1.29, 1.82) is 0 Å². The molecule has 0 bridgehead atoms. The van der Waals surface area contributed by atoms with Crippen molar-refractivity contribution in [3.8, 4) is 45.5 Å². The second kappa shape index (κ2) is 14.0. The van der Waals surface area contributed by atoms with E-state index in [-0.39, 0.29) is 34.9 Å². The Morgan fingerprint density at radius 1 is 0.981 bits per heavy atom. The zero-order chi connectivity index (χ0) is 37.9. The summed E-state index contributed by atoms with van der Waals surface area (Å²) in [5.74, 6) is -1.19. The first-order valence-electron chi connectivity index (χ1n) is 18.1. The summed E-state index contributed by atoms with van der Waals surface area (Å²) >= 11 is 0. The van der Waals surface area contributed by atoms with Crippen molar-refractivity contribution in [3.05, 3.63) is 76.6 Å². The Bertz CT molecular complexity index is 2260. The molecule has 282 valence electrons. The number of aliphatic hydroxyl groups is 1. The number of oxazole rings is 1. The Balaban J connectivity index is 1.15. The van der Waals surface area contributed by atoms with Gasteiger partial charge in [0.1, 0.15) is 11.2 Å². The molecule has 0 amide bonds. The van der Waals surface area contributed by atoms with Crippen molar-refractivity contribution in [2.45, 2.75) is 64.6 Å². The number of hydrogen-bond donors (Lipinski definition) is 2. The van der Waals surface area contributed by atoms with Crippen LogP contribution in [0.2, 0.25) is 0 Å². The van der Waals surface area contributed by atoms with Gasteiger partial charge in [0.25, 0.3) is 0 Å². The minimum atomic E-state index is -4.96. The highest BCUT2D eigenvalue weighted by Crippen LogP contribution is 2.48. The van der Waals surface area contributed by atoms with Crippen molar-refractivity contribution in [2.24, 2.45) is 5.92 Å². The highest BCUT2D eigenvalue weighted by Gasteiger charge is 2.41. The quantitative estimate of drug-likeness (QED) is 0.160. The Kier molecular flexibility index (Phi) is 9.31. The molecule has 8 rings (SSSR count). The normalized spacial score (nSPS) is 20.5. The number of aliphatic carboxylic acids is 1. The number of carbonyl (C=O) groups is 1. The first kappa shape index (κ1) is 36.0. The van der Waals surface area contributed by atoms with Crippen molar-refractivity contribution in [3.63, 3.8) is 0 Å². The third-order valence-electron chi connectivity index (χ3n) is 11.1. The van der Waals surface area contributed by atoms with E-state index in [9.17, 15) is 28.2 Å². The summed E-state index contributed by atoms with van der Waals surface area (Å²) in [5.41, 5.74) is 7.60. The highest BCUT2D eigenvalue weighted by molar-refractivity contribution is 5.87. The van der Waals surface area contributed by atoms with Gasteiger partial charge in [-0.1, -0.05) is 30.3 Å². The maximum absolute atomic E-state index is 13.9. The molecule has 3 aliphatic rings. The molecule has 4 heterocycles. The van der Waals surface area contributed by atoms with Crippen LogP contribution in [0.1, 0.15) is 53.3 Å². The van der Waals surface area contributed by atoms with E-state index >= 15 is 0 Å². The number of aliphatic hydroxyl groups excluding tert-OH is 1. The van der Waals surface area contributed by atoms with Crippen LogP contribution < -0.4 is 9.47 Å². The van der Waals surface area contributed by atoms with Crippen molar-refractivity contribution in [2.75, 3.05) is 33.3 Å². The second-order valence-electron chi connectivity index (χ2n) is 14.4. The van der Waals surface area contributed by atoms with Gasteiger partial charge < -0.3 is 24.1 Å². The summed E-state index contributed by atoms with van der Waals surface area (Å²) in [5, 5.41) is 19.5. The molecule has 3 atom stereocenters. The molecule has 2 aromatic heterocycles. The van der Waals surface area contributed by atoms with E-state index in [1.54, 1.807) is 19.4 Å². The summed E-state index contributed by atoms with van der Waals surface area (Å²) < 4.78 is 58.1. The summed E-state index contributed by atoms with van der Waals surface area (Å²) in [6, 6.07) is 13.1. The fourth-order valence-corrected chi connectivity index (χ4v) is 8.41. The molecule has 0 radical (unpaired) electrons. The van der Waals surface area contributed by atoms with Crippen molar-refractivity contribution >= 4 is 17.1 Å². The summed E-state index contributed by atoms with van der Waals surface area (Å²) in [4.78, 5) is 30.1. The largest absolute Gasteiger partial charge is 0.573 e. The van der Waals surface area contributed by atoms with Gasteiger partial charge in [-0.15, -0.1) is 13.2 Å². The van der Waals surface area contributed by atoms with Crippen LogP contribution in [0.15, 0.2) is 53.1 Å². The lowest BCUT2D eigenvalue weighted by Gasteiger charge is -2.24. The molecule has 0 unspecified atom stereocenters. The van der Waals surface area contributed by atoms with E-state index in [4.69, 9.17) is 24.1 Å². The van der Waals surface area contributed by atoms with Gasteiger partial charge >= 0.3 is 12.3 Å². The molecule has 14 heteroatoms. The standard InChI is InChI=1S/C40H40F3N5O6/c1-21-25(6-4-8-27(21)32-17-44-33(38(46-32)52-3)20-47-14-13-24(49)19-47)26-7-5-9-28(22(26)2)37-45-31-16-30-29(35(36(31)53-37)54-40(41,42)43)10-11-34(30)48-15-12-23(18-48)39(50)51/h4-9,16-17,23-24,34,49H,10-15,18-20H2,1-3H3,(H,50,51)/t23-,24-,34-/m1/s1. The van der Waals surface area contributed by atoms with Gasteiger partial charge in [-0.3, -0.25) is 19.6 Å². The lowest BCUT2D eigenvalue weighted by molar-refractivity contribution is -0.274. The average Bonchev–Trinajstić information content (AvgIpc) is 3.95. The molecule has 0 spiro atoms. The van der Waals surface area contributed by atoms with Crippen LogP contribution in [0.3, 0.4) is 0 Å². The Morgan fingerprint density at radius 3 is 2.37 bits per heavy atom. The Labute approximate surface area is 309 Å². The van der Waals surface area contributed by atoms with Gasteiger partial charge in [0, 0.05) is 48.9 Å². The molecule has 1 aliphatic carbocycles. The molecular formula is C40H40F3N5O6. The number of rotatable bonds is 9. The summed E-state index contributed by atoms with van der Waals surface area (Å²) in [6.45, 7) is 6.68. The number of nitrogens with zero attached hydrogens (tertiary/aromatic N) is 5. The van der Waals surface area contributed by atoms with Crippen molar-refractivity contribution in [1.82, 2.24) is 24.8 Å². The van der Waals surface area contributed by atoms with E-state index in [0.29, 0.717) is 79.4 Å².